The van der Waals surface area contributed by atoms with Crippen molar-refractivity contribution in [3.8, 4) is 5.88 Å². The van der Waals surface area contributed by atoms with E-state index in [1.165, 1.54) is 12.1 Å². The molecule has 0 aliphatic heterocycles. The summed E-state index contributed by atoms with van der Waals surface area (Å²) in [6, 6.07) is 3.66. The maximum absolute atomic E-state index is 12.6. The zero-order chi connectivity index (χ0) is 12.5. The van der Waals surface area contributed by atoms with E-state index in [2.05, 4.69) is 9.68 Å². The number of benzene rings is 1. The molecule has 92 valence electrons. The Morgan fingerprint density at radius 1 is 1.35 bits per heavy atom. The van der Waals surface area contributed by atoms with Crippen LogP contribution in [-0.4, -0.2) is 18.3 Å². The molecule has 7 heteroatoms. The summed E-state index contributed by atoms with van der Waals surface area (Å²) in [4.78, 5) is 0. The van der Waals surface area contributed by atoms with Crippen LogP contribution >= 0.6 is 0 Å². The third kappa shape index (κ3) is 2.19. The van der Waals surface area contributed by atoms with Crippen LogP contribution in [0.4, 0.5) is 13.2 Å². The summed E-state index contributed by atoms with van der Waals surface area (Å²) in [6.45, 7) is 0.408. The molecule has 1 aromatic carbocycles. The van der Waals surface area contributed by atoms with Crippen molar-refractivity contribution < 1.29 is 22.4 Å². The second kappa shape index (κ2) is 4.25. The predicted octanol–water partition coefficient (Wildman–Crippen LogP) is 2.18. The van der Waals surface area contributed by atoms with Gasteiger partial charge in [-0.3, -0.25) is 0 Å². The van der Waals surface area contributed by atoms with E-state index in [4.69, 9.17) is 10.5 Å². The zero-order valence-electron chi connectivity index (χ0n) is 8.62. The minimum atomic E-state index is -4.48. The number of hydrogen-bond acceptors (Lipinski definition) is 4. The molecular formula is C10H9F3N2O2. The van der Waals surface area contributed by atoms with E-state index >= 15 is 0 Å². The molecule has 0 unspecified atom stereocenters. The van der Waals surface area contributed by atoms with E-state index in [1.54, 1.807) is 0 Å². The van der Waals surface area contributed by atoms with Gasteiger partial charge >= 0.3 is 6.18 Å². The second-order valence-electron chi connectivity index (χ2n) is 3.30. The number of aromatic nitrogens is 1. The summed E-state index contributed by atoms with van der Waals surface area (Å²) in [5.74, 6) is 0.0246. The number of alkyl halides is 3. The van der Waals surface area contributed by atoms with Gasteiger partial charge in [-0.05, 0) is 17.3 Å². The molecular weight excluding hydrogens is 237 g/mol. The minimum absolute atomic E-state index is 0.0246. The number of halogens is 3. The third-order valence-electron chi connectivity index (χ3n) is 2.13. The minimum Gasteiger partial charge on any atom is -0.474 e. The van der Waals surface area contributed by atoms with Crippen molar-refractivity contribution in [2.75, 3.05) is 13.2 Å². The Labute approximate surface area is 94.1 Å². The Bertz CT molecular complexity index is 522. The van der Waals surface area contributed by atoms with Gasteiger partial charge in [0.05, 0.1) is 5.39 Å². The van der Waals surface area contributed by atoms with E-state index in [0.717, 1.165) is 6.07 Å². The lowest BCUT2D eigenvalue weighted by Crippen LogP contribution is -2.10. The van der Waals surface area contributed by atoms with Crippen molar-refractivity contribution in [2.45, 2.75) is 6.18 Å². The third-order valence-corrected chi connectivity index (χ3v) is 2.13. The SMILES string of the molecule is NCCOc1noc2c(C(F)(F)F)cccc12. The Morgan fingerprint density at radius 2 is 2.12 bits per heavy atom. The van der Waals surface area contributed by atoms with Gasteiger partial charge < -0.3 is 15.0 Å². The summed E-state index contributed by atoms with van der Waals surface area (Å²) in [7, 11) is 0. The second-order valence-corrected chi connectivity index (χ2v) is 3.30. The molecule has 0 saturated heterocycles. The molecule has 0 saturated carbocycles. The Hall–Kier alpha value is -1.76. The lowest BCUT2D eigenvalue weighted by Gasteiger charge is -2.05. The molecule has 0 radical (unpaired) electrons. The van der Waals surface area contributed by atoms with Crippen LogP contribution in [0.25, 0.3) is 11.0 Å². The lowest BCUT2D eigenvalue weighted by atomic mass is 10.1. The van der Waals surface area contributed by atoms with Crippen molar-refractivity contribution in [2.24, 2.45) is 5.73 Å². The van der Waals surface area contributed by atoms with Crippen molar-refractivity contribution >= 4 is 11.0 Å². The van der Waals surface area contributed by atoms with Crippen LogP contribution in [-0.2, 0) is 6.18 Å². The van der Waals surface area contributed by atoms with Gasteiger partial charge in [0.1, 0.15) is 12.2 Å². The van der Waals surface area contributed by atoms with Gasteiger partial charge in [0, 0.05) is 6.54 Å². The quantitative estimate of drug-likeness (QED) is 0.901. The number of fused-ring (bicyclic) bond motifs is 1. The predicted molar refractivity (Wildman–Crippen MR) is 53.6 cm³/mol. The molecule has 2 N–H and O–H groups in total. The highest BCUT2D eigenvalue weighted by molar-refractivity contribution is 5.85. The highest BCUT2D eigenvalue weighted by atomic mass is 19.4. The molecule has 2 rings (SSSR count). The van der Waals surface area contributed by atoms with Gasteiger partial charge in [-0.25, -0.2) is 0 Å². The zero-order valence-corrected chi connectivity index (χ0v) is 8.62. The van der Waals surface area contributed by atoms with Crippen LogP contribution in [0.5, 0.6) is 5.88 Å². The molecule has 1 aromatic heterocycles. The number of ether oxygens (including phenoxy) is 1. The van der Waals surface area contributed by atoms with Gasteiger partial charge in [-0.1, -0.05) is 6.07 Å². The van der Waals surface area contributed by atoms with Gasteiger partial charge in [0.25, 0.3) is 5.88 Å². The highest BCUT2D eigenvalue weighted by Gasteiger charge is 2.35. The number of rotatable bonds is 3. The van der Waals surface area contributed by atoms with E-state index in [-0.39, 0.29) is 30.0 Å². The number of nitrogens with two attached hydrogens (primary N) is 1. The molecule has 1 heterocycles. The summed E-state index contributed by atoms with van der Waals surface area (Å²) in [6.07, 6.45) is -4.48. The average molecular weight is 246 g/mol. The molecule has 2 aromatic rings. The normalized spacial score (nSPS) is 12.0. The Balaban J connectivity index is 2.49. The van der Waals surface area contributed by atoms with Gasteiger partial charge in [-0.2, -0.15) is 13.2 Å². The smallest absolute Gasteiger partial charge is 0.420 e. The summed E-state index contributed by atoms with van der Waals surface area (Å²) in [5.41, 5.74) is 4.03. The first kappa shape index (κ1) is 11.7. The summed E-state index contributed by atoms with van der Waals surface area (Å²) in [5, 5.41) is 3.64. The van der Waals surface area contributed by atoms with Gasteiger partial charge in [0.15, 0.2) is 5.58 Å². The monoisotopic (exact) mass is 246 g/mol. The van der Waals surface area contributed by atoms with Crippen LogP contribution in [0, 0.1) is 0 Å². The maximum Gasteiger partial charge on any atom is 0.420 e. The number of nitrogens with zero attached hydrogens (tertiary/aromatic N) is 1. The standard InChI is InChI=1S/C10H9F3N2O2/c11-10(12,13)7-3-1-2-6-8(7)17-15-9(6)16-5-4-14/h1-3H,4-5,14H2. The molecule has 0 fully saturated rings. The Morgan fingerprint density at radius 3 is 2.76 bits per heavy atom. The van der Waals surface area contributed by atoms with Crippen molar-refractivity contribution in [1.82, 2.24) is 5.16 Å². The van der Waals surface area contributed by atoms with E-state index in [9.17, 15) is 13.2 Å². The fraction of sp³-hybridized carbons (Fsp3) is 0.300. The molecule has 0 aliphatic carbocycles. The van der Waals surface area contributed by atoms with Crippen LogP contribution in [0.1, 0.15) is 5.56 Å². The summed E-state index contributed by atoms with van der Waals surface area (Å²) < 4.78 is 47.6. The van der Waals surface area contributed by atoms with Crippen LogP contribution in [0.15, 0.2) is 22.7 Å². The average Bonchev–Trinajstić information content (AvgIpc) is 2.67. The van der Waals surface area contributed by atoms with Crippen molar-refractivity contribution in [3.05, 3.63) is 23.8 Å². The molecule has 0 amide bonds. The van der Waals surface area contributed by atoms with Gasteiger partial charge in [0.2, 0.25) is 0 Å². The fourth-order valence-electron chi connectivity index (χ4n) is 1.42. The largest absolute Gasteiger partial charge is 0.474 e. The van der Waals surface area contributed by atoms with Crippen molar-refractivity contribution in [3.63, 3.8) is 0 Å². The molecule has 4 nitrogen and oxygen atoms in total. The topological polar surface area (TPSA) is 61.3 Å². The van der Waals surface area contributed by atoms with E-state index in [0.29, 0.717) is 0 Å². The molecule has 0 spiro atoms. The number of para-hydroxylation sites is 1. The lowest BCUT2D eigenvalue weighted by molar-refractivity contribution is -0.137. The van der Waals surface area contributed by atoms with Crippen molar-refractivity contribution in [1.29, 1.82) is 0 Å². The summed E-state index contributed by atoms with van der Waals surface area (Å²) >= 11 is 0. The first-order valence-electron chi connectivity index (χ1n) is 4.82. The number of hydrogen-bond donors (Lipinski definition) is 1. The molecule has 17 heavy (non-hydrogen) atoms. The Kier molecular flexibility index (Phi) is 2.93. The fourth-order valence-corrected chi connectivity index (χ4v) is 1.42. The first-order valence-corrected chi connectivity index (χ1v) is 4.82. The van der Waals surface area contributed by atoms with Gasteiger partial charge in [-0.15, -0.1) is 0 Å². The van der Waals surface area contributed by atoms with Crippen LogP contribution in [0.2, 0.25) is 0 Å². The molecule has 0 bridgehead atoms. The highest BCUT2D eigenvalue weighted by Crippen LogP contribution is 2.37. The van der Waals surface area contributed by atoms with E-state index in [1.807, 2.05) is 0 Å². The first-order chi connectivity index (χ1) is 8.04. The molecule has 0 atom stereocenters. The van der Waals surface area contributed by atoms with E-state index < -0.39 is 11.7 Å². The van der Waals surface area contributed by atoms with Crippen LogP contribution < -0.4 is 10.5 Å². The maximum atomic E-state index is 12.6. The molecule has 0 aliphatic rings. The van der Waals surface area contributed by atoms with Crippen LogP contribution in [0.3, 0.4) is 0 Å².